The molecular formula is C24H18N2O5. The highest BCUT2D eigenvalue weighted by atomic mass is 16.6. The zero-order valence-corrected chi connectivity index (χ0v) is 16.6. The van der Waals surface area contributed by atoms with Crippen molar-refractivity contribution in [2.45, 2.75) is 13.0 Å². The van der Waals surface area contributed by atoms with Crippen LogP contribution in [0, 0.1) is 17.0 Å². The molecule has 31 heavy (non-hydrogen) atoms. The second-order valence-corrected chi connectivity index (χ2v) is 7.22. The Morgan fingerprint density at radius 3 is 2.29 bits per heavy atom. The van der Waals surface area contributed by atoms with E-state index in [1.54, 1.807) is 36.4 Å². The first-order chi connectivity index (χ1) is 14.9. The fourth-order valence-corrected chi connectivity index (χ4v) is 3.68. The minimum Gasteiger partial charge on any atom is -0.507 e. The van der Waals surface area contributed by atoms with Crippen LogP contribution in [-0.4, -0.2) is 21.7 Å². The van der Waals surface area contributed by atoms with E-state index in [2.05, 4.69) is 0 Å². The summed E-state index contributed by atoms with van der Waals surface area (Å²) in [6.07, 6.45) is 0. The summed E-state index contributed by atoms with van der Waals surface area (Å²) in [5.41, 5.74) is 1.89. The lowest BCUT2D eigenvalue weighted by atomic mass is 9.95. The molecule has 1 N–H and O–H groups in total. The molecule has 0 saturated carbocycles. The number of nitro benzene ring substituents is 1. The standard InChI is InChI=1S/C24H18N2O5/c1-15-10-12-18(13-11-15)25-21(16-6-3-2-4-7-16)20(23(28)24(25)29)22(27)17-8-5-9-19(14-17)26(30)31/h2-14,21,27H,1H3/b22-20-. The molecule has 1 saturated heterocycles. The van der Waals surface area contributed by atoms with Gasteiger partial charge in [-0.3, -0.25) is 24.6 Å². The summed E-state index contributed by atoms with van der Waals surface area (Å²) in [6.45, 7) is 1.91. The first kappa shape index (κ1) is 20.0. The maximum atomic E-state index is 13.0. The molecule has 7 heteroatoms. The fourth-order valence-electron chi connectivity index (χ4n) is 3.68. The third-order valence-corrected chi connectivity index (χ3v) is 5.20. The molecule has 1 aliphatic heterocycles. The number of aliphatic hydroxyl groups excluding tert-OH is 1. The first-order valence-electron chi connectivity index (χ1n) is 9.56. The van der Waals surface area contributed by atoms with Crippen LogP contribution in [0.5, 0.6) is 0 Å². The van der Waals surface area contributed by atoms with Gasteiger partial charge in [0.15, 0.2) is 0 Å². The number of carbonyl (C=O) groups is 2. The van der Waals surface area contributed by atoms with Crippen LogP contribution in [0.3, 0.4) is 0 Å². The van der Waals surface area contributed by atoms with Crippen LogP contribution in [0.15, 0.2) is 84.4 Å². The maximum absolute atomic E-state index is 13.0. The summed E-state index contributed by atoms with van der Waals surface area (Å²) < 4.78 is 0. The second-order valence-electron chi connectivity index (χ2n) is 7.22. The van der Waals surface area contributed by atoms with Crippen LogP contribution in [0.4, 0.5) is 11.4 Å². The third-order valence-electron chi connectivity index (χ3n) is 5.20. The molecule has 3 aromatic rings. The summed E-state index contributed by atoms with van der Waals surface area (Å²) >= 11 is 0. The van der Waals surface area contributed by atoms with E-state index in [1.807, 2.05) is 25.1 Å². The zero-order valence-electron chi connectivity index (χ0n) is 16.6. The van der Waals surface area contributed by atoms with Gasteiger partial charge in [-0.1, -0.05) is 60.2 Å². The molecule has 4 rings (SSSR count). The van der Waals surface area contributed by atoms with Crippen molar-refractivity contribution in [3.05, 3.63) is 111 Å². The molecule has 0 bridgehead atoms. The predicted molar refractivity (Wildman–Crippen MR) is 116 cm³/mol. The van der Waals surface area contributed by atoms with Crippen LogP contribution >= 0.6 is 0 Å². The predicted octanol–water partition coefficient (Wildman–Crippen LogP) is 4.53. The minimum atomic E-state index is -0.872. The Morgan fingerprint density at radius 2 is 1.65 bits per heavy atom. The summed E-state index contributed by atoms with van der Waals surface area (Å²) in [5.74, 6) is -2.08. The molecule has 1 heterocycles. The SMILES string of the molecule is Cc1ccc(N2C(=O)C(=O)/C(=C(\O)c3cccc([N+](=O)[O-])c3)C2c2ccccc2)cc1. The molecule has 0 aromatic heterocycles. The Kier molecular flexibility index (Phi) is 5.09. The Hall–Kier alpha value is -4.26. The second kappa shape index (κ2) is 7.87. The highest BCUT2D eigenvalue weighted by Gasteiger charge is 2.46. The van der Waals surface area contributed by atoms with E-state index >= 15 is 0 Å². The van der Waals surface area contributed by atoms with E-state index in [-0.39, 0.29) is 16.8 Å². The van der Waals surface area contributed by atoms with E-state index in [4.69, 9.17) is 0 Å². The third kappa shape index (κ3) is 3.57. The number of hydrogen-bond donors (Lipinski definition) is 1. The van der Waals surface area contributed by atoms with Gasteiger partial charge in [0.2, 0.25) is 0 Å². The van der Waals surface area contributed by atoms with E-state index in [9.17, 15) is 24.8 Å². The molecule has 0 radical (unpaired) electrons. The molecule has 1 amide bonds. The van der Waals surface area contributed by atoms with Crippen molar-refractivity contribution in [2.24, 2.45) is 0 Å². The van der Waals surface area contributed by atoms with Gasteiger partial charge in [0.1, 0.15) is 5.76 Å². The number of amides is 1. The maximum Gasteiger partial charge on any atom is 0.300 e. The van der Waals surface area contributed by atoms with E-state index in [1.165, 1.54) is 29.2 Å². The summed E-state index contributed by atoms with van der Waals surface area (Å²) in [7, 11) is 0. The van der Waals surface area contributed by atoms with Crippen molar-refractivity contribution in [1.29, 1.82) is 0 Å². The van der Waals surface area contributed by atoms with Crippen LogP contribution < -0.4 is 4.90 Å². The Labute approximate surface area is 178 Å². The van der Waals surface area contributed by atoms with E-state index < -0.39 is 28.4 Å². The number of Topliss-reactive ketones (excluding diaryl/α,β-unsaturated/α-hetero) is 1. The van der Waals surface area contributed by atoms with Gasteiger partial charge in [0.05, 0.1) is 16.5 Å². The Morgan fingerprint density at radius 1 is 0.968 bits per heavy atom. The molecule has 7 nitrogen and oxygen atoms in total. The van der Waals surface area contributed by atoms with Gasteiger partial charge in [-0.05, 0) is 24.6 Å². The quantitative estimate of drug-likeness (QED) is 0.222. The molecule has 0 aliphatic carbocycles. The number of anilines is 1. The van der Waals surface area contributed by atoms with E-state index in [0.29, 0.717) is 11.3 Å². The zero-order chi connectivity index (χ0) is 22.1. The molecule has 1 atom stereocenters. The monoisotopic (exact) mass is 414 g/mol. The van der Waals surface area contributed by atoms with Gasteiger partial charge in [-0.15, -0.1) is 0 Å². The lowest BCUT2D eigenvalue weighted by molar-refractivity contribution is -0.384. The molecule has 0 spiro atoms. The van der Waals surface area contributed by atoms with Crippen molar-refractivity contribution in [3.63, 3.8) is 0 Å². The normalized spacial score (nSPS) is 17.7. The molecule has 154 valence electrons. The first-order valence-corrected chi connectivity index (χ1v) is 9.56. The van der Waals surface area contributed by atoms with Gasteiger partial charge in [-0.25, -0.2) is 0 Å². The van der Waals surface area contributed by atoms with Crippen LogP contribution in [0.25, 0.3) is 5.76 Å². The average molecular weight is 414 g/mol. The summed E-state index contributed by atoms with van der Waals surface area (Å²) in [4.78, 5) is 38.0. The number of benzene rings is 3. The Bertz CT molecular complexity index is 1220. The van der Waals surface area contributed by atoms with E-state index in [0.717, 1.165) is 5.56 Å². The summed E-state index contributed by atoms with van der Waals surface area (Å²) in [5, 5.41) is 22.2. The van der Waals surface area contributed by atoms with Crippen molar-refractivity contribution in [1.82, 2.24) is 0 Å². The van der Waals surface area contributed by atoms with Gasteiger partial charge in [0, 0.05) is 23.4 Å². The highest BCUT2D eigenvalue weighted by molar-refractivity contribution is 6.51. The lowest BCUT2D eigenvalue weighted by Crippen LogP contribution is -2.29. The van der Waals surface area contributed by atoms with Crippen molar-refractivity contribution in [2.75, 3.05) is 4.90 Å². The topological polar surface area (TPSA) is 101 Å². The smallest absolute Gasteiger partial charge is 0.300 e. The number of rotatable bonds is 4. The molecule has 1 fully saturated rings. The molecular weight excluding hydrogens is 396 g/mol. The number of carbonyl (C=O) groups excluding carboxylic acids is 2. The van der Waals surface area contributed by atoms with Gasteiger partial charge in [-0.2, -0.15) is 0 Å². The van der Waals surface area contributed by atoms with Gasteiger partial charge in [0.25, 0.3) is 17.4 Å². The Balaban J connectivity index is 1.93. The lowest BCUT2D eigenvalue weighted by Gasteiger charge is -2.25. The average Bonchev–Trinajstić information content (AvgIpc) is 3.05. The number of nitrogens with zero attached hydrogens (tertiary/aromatic N) is 2. The number of non-ortho nitro benzene ring substituents is 1. The number of aryl methyl sites for hydroxylation is 1. The number of hydrogen-bond acceptors (Lipinski definition) is 5. The summed E-state index contributed by atoms with van der Waals surface area (Å²) in [6, 6.07) is 20.5. The molecule has 1 aliphatic rings. The van der Waals surface area contributed by atoms with Crippen LogP contribution in [0.2, 0.25) is 0 Å². The van der Waals surface area contributed by atoms with Crippen molar-refractivity contribution in [3.8, 4) is 0 Å². The van der Waals surface area contributed by atoms with Crippen LogP contribution in [-0.2, 0) is 9.59 Å². The molecule has 1 unspecified atom stereocenters. The number of aliphatic hydroxyl groups is 1. The minimum absolute atomic E-state index is 0.0945. The highest BCUT2D eigenvalue weighted by Crippen LogP contribution is 2.42. The van der Waals surface area contributed by atoms with Crippen molar-refractivity contribution >= 4 is 28.8 Å². The number of nitro groups is 1. The number of ketones is 1. The van der Waals surface area contributed by atoms with Gasteiger partial charge >= 0.3 is 0 Å². The van der Waals surface area contributed by atoms with Crippen molar-refractivity contribution < 1.29 is 19.6 Å². The van der Waals surface area contributed by atoms with Crippen LogP contribution in [0.1, 0.15) is 22.7 Å². The molecule has 3 aromatic carbocycles. The van der Waals surface area contributed by atoms with Gasteiger partial charge < -0.3 is 5.11 Å². The fraction of sp³-hybridized carbons (Fsp3) is 0.0833. The largest absolute Gasteiger partial charge is 0.507 e.